The largest absolute Gasteiger partial charge is 0.153 e. The van der Waals surface area contributed by atoms with Crippen molar-refractivity contribution >= 4 is 38.8 Å². The van der Waals surface area contributed by atoms with E-state index < -0.39 is 6.61 Å². The van der Waals surface area contributed by atoms with Gasteiger partial charge in [0.15, 0.2) is 6.61 Å². The Morgan fingerprint density at radius 3 is 1.56 bits per heavy atom. The van der Waals surface area contributed by atoms with Gasteiger partial charge in [-0.15, -0.1) is 22.4 Å². The van der Waals surface area contributed by atoms with Crippen LogP contribution < -0.4 is 0 Å². The number of aryl methyl sites for hydroxylation is 2. The van der Waals surface area contributed by atoms with Crippen LogP contribution in [0.5, 0.6) is 0 Å². The van der Waals surface area contributed by atoms with Gasteiger partial charge in [0.1, 0.15) is 0 Å². The van der Waals surface area contributed by atoms with Crippen LogP contribution in [0.2, 0.25) is 0 Å². The van der Waals surface area contributed by atoms with Crippen molar-refractivity contribution in [3.05, 3.63) is 59.7 Å². The molecule has 2 rings (SSSR count). The molecule has 18 heavy (non-hydrogen) atoms. The van der Waals surface area contributed by atoms with Gasteiger partial charge in [0, 0.05) is 19.6 Å². The summed E-state index contributed by atoms with van der Waals surface area (Å²) in [6.45, 7) is 3.68. The molecule has 0 amide bonds. The quantitative estimate of drug-likeness (QED) is 0.795. The summed E-state index contributed by atoms with van der Waals surface area (Å²) in [6.07, 6.45) is 0. The zero-order valence-electron chi connectivity index (χ0n) is 11.0. The van der Waals surface area contributed by atoms with Gasteiger partial charge in [0.2, 0.25) is 0 Å². The third kappa shape index (κ3) is 3.78. The molecule has 4 heteroatoms. The molecule has 0 fully saturated rings. The van der Waals surface area contributed by atoms with Crippen LogP contribution >= 0.6 is 22.4 Å². The van der Waals surface area contributed by atoms with E-state index in [-0.39, 0.29) is 0 Å². The maximum absolute atomic E-state index is 2.26. The molecule has 0 saturated heterocycles. The topological polar surface area (TPSA) is 0 Å². The molecule has 0 atom stereocenters. The fraction of sp³-hybridized carbons (Fsp3) is 0.143. The minimum absolute atomic E-state index is 0.739. The highest BCUT2D eigenvalue weighted by molar-refractivity contribution is 8.58. The normalized spacial score (nSPS) is 11.1. The van der Waals surface area contributed by atoms with Gasteiger partial charge in [0.05, 0.1) is 0 Å². The van der Waals surface area contributed by atoms with Gasteiger partial charge in [0.25, 0.3) is 0 Å². The second kappa shape index (κ2) is 6.66. The van der Waals surface area contributed by atoms with Crippen molar-refractivity contribution < 1.29 is 0 Å². The lowest BCUT2D eigenvalue weighted by Gasteiger charge is -2.13. The van der Waals surface area contributed by atoms with Crippen molar-refractivity contribution in [3.63, 3.8) is 0 Å². The minimum atomic E-state index is -0.739. The molecule has 94 valence electrons. The Balaban J connectivity index is 2.04. The van der Waals surface area contributed by atoms with Crippen molar-refractivity contribution in [2.24, 2.45) is 0 Å². The second-order valence-electron chi connectivity index (χ2n) is 4.33. The predicted octanol–water partition coefficient (Wildman–Crippen LogP) is 3.27. The SMILES string of the molecule is Cc1ccccc1S[SiH]([SiH3])Sc1ccccc1C. The predicted molar refractivity (Wildman–Crippen MR) is 91.2 cm³/mol. The summed E-state index contributed by atoms with van der Waals surface area (Å²) in [6, 6.07) is 17.5. The lowest BCUT2D eigenvalue weighted by Crippen LogP contribution is -2.03. The third-order valence-corrected chi connectivity index (χ3v) is 14.4. The smallest absolute Gasteiger partial charge is 0.145 e. The summed E-state index contributed by atoms with van der Waals surface area (Å²) in [5.41, 5.74) is 2.84. The number of hydrogen-bond acceptors (Lipinski definition) is 2. The Kier molecular flexibility index (Phi) is 5.17. The van der Waals surface area contributed by atoms with Crippen LogP contribution in [-0.4, -0.2) is 16.4 Å². The lowest BCUT2D eigenvalue weighted by atomic mass is 10.2. The van der Waals surface area contributed by atoms with E-state index in [1.165, 1.54) is 30.7 Å². The molecule has 0 aliphatic heterocycles. The third-order valence-electron chi connectivity index (χ3n) is 2.77. The van der Waals surface area contributed by atoms with E-state index in [0.717, 1.165) is 0 Å². The first-order valence-corrected chi connectivity index (χ1v) is 15.3. The molecule has 2 aromatic carbocycles. The van der Waals surface area contributed by atoms with Gasteiger partial charge in [-0.3, -0.25) is 0 Å². The van der Waals surface area contributed by atoms with Crippen molar-refractivity contribution in [2.75, 3.05) is 0 Å². The molecule has 0 saturated carbocycles. The summed E-state index contributed by atoms with van der Waals surface area (Å²) in [5, 5.41) is 0. The monoisotopic (exact) mass is 306 g/mol. The van der Waals surface area contributed by atoms with E-state index in [0.29, 0.717) is 0 Å². The summed E-state index contributed by atoms with van der Waals surface area (Å²) < 4.78 is 0. The number of hydrogen-bond donors (Lipinski definition) is 0. The maximum Gasteiger partial charge on any atom is 0.153 e. The minimum Gasteiger partial charge on any atom is -0.145 e. The Hall–Kier alpha value is -0.426. The Labute approximate surface area is 122 Å². The first kappa shape index (κ1) is 14.0. The molecule has 0 heterocycles. The fourth-order valence-electron chi connectivity index (χ4n) is 1.76. The van der Waals surface area contributed by atoms with Gasteiger partial charge in [-0.05, 0) is 37.1 Å². The van der Waals surface area contributed by atoms with Crippen LogP contribution in [0.1, 0.15) is 11.1 Å². The number of rotatable bonds is 4. The number of benzene rings is 2. The summed E-state index contributed by atoms with van der Waals surface area (Å²) in [7, 11) is 1.32. The van der Waals surface area contributed by atoms with E-state index in [4.69, 9.17) is 0 Å². The zero-order valence-corrected chi connectivity index (χ0v) is 15.8. The Morgan fingerprint density at radius 1 is 0.778 bits per heavy atom. The van der Waals surface area contributed by atoms with E-state index in [1.807, 2.05) is 0 Å². The molecule has 0 spiro atoms. The first-order chi connectivity index (χ1) is 8.66. The van der Waals surface area contributed by atoms with Crippen LogP contribution in [-0.2, 0) is 0 Å². The van der Waals surface area contributed by atoms with Crippen molar-refractivity contribution in [1.29, 1.82) is 0 Å². The fourth-order valence-corrected chi connectivity index (χ4v) is 14.1. The van der Waals surface area contributed by atoms with Crippen molar-refractivity contribution in [1.82, 2.24) is 0 Å². The summed E-state index contributed by atoms with van der Waals surface area (Å²) in [4.78, 5) is 2.95. The highest BCUT2D eigenvalue weighted by Gasteiger charge is 2.10. The average Bonchev–Trinajstić information content (AvgIpc) is 2.35. The summed E-state index contributed by atoms with van der Waals surface area (Å²) >= 11 is 4.27. The van der Waals surface area contributed by atoms with Gasteiger partial charge in [-0.1, -0.05) is 36.4 Å². The molecular formula is C14H18S2Si2. The summed E-state index contributed by atoms with van der Waals surface area (Å²) in [5.74, 6) is 0. The molecule has 0 nitrogen and oxygen atoms in total. The second-order valence-corrected chi connectivity index (χ2v) is 21.9. The first-order valence-electron chi connectivity index (χ1n) is 6.11. The van der Waals surface area contributed by atoms with Gasteiger partial charge in [-0.25, -0.2) is 0 Å². The Bertz CT molecular complexity index is 481. The van der Waals surface area contributed by atoms with E-state index >= 15 is 0 Å². The van der Waals surface area contributed by atoms with Crippen LogP contribution in [0, 0.1) is 13.8 Å². The van der Waals surface area contributed by atoms with Gasteiger partial charge >= 0.3 is 0 Å². The standard InChI is InChI=1S/C14H18S2Si2/c1-11-7-3-5-9-13(11)15-18(17)16-14-10-6-4-8-12(14)2/h3-10,18H,1-2,17H3. The van der Waals surface area contributed by atoms with Crippen LogP contribution in [0.3, 0.4) is 0 Å². The van der Waals surface area contributed by atoms with Crippen molar-refractivity contribution in [2.45, 2.75) is 23.6 Å². The zero-order chi connectivity index (χ0) is 13.0. The van der Waals surface area contributed by atoms with Crippen LogP contribution in [0.4, 0.5) is 0 Å². The molecule has 0 bridgehead atoms. The highest BCUT2D eigenvalue weighted by Crippen LogP contribution is 2.33. The molecule has 0 N–H and O–H groups in total. The molecule has 0 aromatic heterocycles. The molecule has 0 aliphatic rings. The maximum atomic E-state index is 2.26. The van der Waals surface area contributed by atoms with E-state index in [2.05, 4.69) is 84.8 Å². The molecule has 0 radical (unpaired) electrons. The lowest BCUT2D eigenvalue weighted by molar-refractivity contribution is 1.31. The van der Waals surface area contributed by atoms with Crippen molar-refractivity contribution in [3.8, 4) is 0 Å². The van der Waals surface area contributed by atoms with Crippen LogP contribution in [0.15, 0.2) is 58.3 Å². The van der Waals surface area contributed by atoms with E-state index in [1.54, 1.807) is 0 Å². The van der Waals surface area contributed by atoms with Gasteiger partial charge in [-0.2, -0.15) is 0 Å². The highest BCUT2D eigenvalue weighted by atomic mass is 32.6. The van der Waals surface area contributed by atoms with E-state index in [9.17, 15) is 0 Å². The average molecular weight is 307 g/mol. The Morgan fingerprint density at radius 2 is 1.17 bits per heavy atom. The van der Waals surface area contributed by atoms with Gasteiger partial charge < -0.3 is 0 Å². The molecular weight excluding hydrogens is 288 g/mol. The van der Waals surface area contributed by atoms with Crippen LogP contribution in [0.25, 0.3) is 0 Å². The molecule has 0 aliphatic carbocycles. The molecule has 2 aromatic rings. The molecule has 0 unspecified atom stereocenters.